The molecule has 0 aromatic carbocycles. The molecule has 0 radical (unpaired) electrons. The van der Waals surface area contributed by atoms with Crippen LogP contribution < -0.4 is 5.32 Å². The number of nitrogens with one attached hydrogen (secondary N) is 1. The molecule has 0 aliphatic heterocycles. The van der Waals surface area contributed by atoms with Gasteiger partial charge in [-0.15, -0.1) is 0 Å². The van der Waals surface area contributed by atoms with Gasteiger partial charge in [-0.2, -0.15) is 0 Å². The minimum Gasteiger partial charge on any atom is -0.277 e. The third-order valence-corrected chi connectivity index (χ3v) is 1.38. The molecule has 6 heavy (non-hydrogen) atoms. The Morgan fingerprint density at radius 2 is 2.17 bits per heavy atom. The lowest BCUT2D eigenvalue weighted by atomic mass is 10.3. The maximum atomic E-state index is 3.89. The Bertz CT molecular complexity index is 55.0. The number of hydrogen-bond acceptors (Lipinski definition) is 1. The summed E-state index contributed by atoms with van der Waals surface area (Å²) >= 11 is 0. The zero-order valence-electron chi connectivity index (χ0n) is 4.12. The van der Waals surface area contributed by atoms with E-state index in [0.717, 1.165) is 0 Å². The predicted molar refractivity (Wildman–Crippen MR) is 26.4 cm³/mol. The van der Waals surface area contributed by atoms with Crippen molar-refractivity contribution in [2.45, 2.75) is 18.4 Å². The van der Waals surface area contributed by atoms with Crippen molar-refractivity contribution in [2.75, 3.05) is 7.05 Å². The molecule has 0 aromatic heterocycles. The van der Waals surface area contributed by atoms with Crippen LogP contribution in [0.4, 0.5) is 0 Å². The van der Waals surface area contributed by atoms with Crippen molar-refractivity contribution in [3.05, 3.63) is 6.92 Å². The minimum absolute atomic E-state index is 0.292. The summed E-state index contributed by atoms with van der Waals surface area (Å²) in [5.41, 5.74) is 0.292. The van der Waals surface area contributed by atoms with Crippen molar-refractivity contribution >= 4 is 0 Å². The lowest BCUT2D eigenvalue weighted by Gasteiger charge is -1.92. The summed E-state index contributed by atoms with van der Waals surface area (Å²) < 4.78 is 0. The number of hydrogen-bond donors (Lipinski definition) is 1. The second kappa shape index (κ2) is 0.909. The van der Waals surface area contributed by atoms with Gasteiger partial charge in [-0.1, -0.05) is 0 Å². The Kier molecular flexibility index (Phi) is 0.606. The third kappa shape index (κ3) is 0.500. The first-order valence-corrected chi connectivity index (χ1v) is 2.31. The second-order valence-corrected chi connectivity index (χ2v) is 2.03. The predicted octanol–water partition coefficient (Wildman–Crippen LogP) is 0.572. The van der Waals surface area contributed by atoms with Crippen LogP contribution in [-0.4, -0.2) is 12.6 Å². The van der Waals surface area contributed by atoms with Crippen LogP contribution in [0.15, 0.2) is 0 Å². The normalized spacial score (nSPS) is 26.8. The number of rotatable bonds is 1. The van der Waals surface area contributed by atoms with E-state index in [9.17, 15) is 0 Å². The fourth-order valence-corrected chi connectivity index (χ4v) is 0.401. The highest BCUT2D eigenvalue weighted by molar-refractivity contribution is 5.02. The van der Waals surface area contributed by atoms with Gasteiger partial charge in [0.05, 0.1) is 6.92 Å². The van der Waals surface area contributed by atoms with Crippen LogP contribution in [0.5, 0.6) is 0 Å². The van der Waals surface area contributed by atoms with E-state index < -0.39 is 0 Å². The van der Waals surface area contributed by atoms with Crippen LogP contribution in [0, 0.1) is 6.92 Å². The van der Waals surface area contributed by atoms with Gasteiger partial charge in [-0.3, -0.25) is 5.32 Å². The van der Waals surface area contributed by atoms with Crippen molar-refractivity contribution in [2.24, 2.45) is 0 Å². The van der Waals surface area contributed by atoms with E-state index in [0.29, 0.717) is 5.54 Å². The van der Waals surface area contributed by atoms with Crippen LogP contribution in [0.3, 0.4) is 0 Å². The van der Waals surface area contributed by atoms with E-state index >= 15 is 0 Å². The lowest BCUT2D eigenvalue weighted by Crippen LogP contribution is -2.22. The van der Waals surface area contributed by atoms with Crippen LogP contribution in [0.2, 0.25) is 0 Å². The first-order valence-electron chi connectivity index (χ1n) is 2.31. The van der Waals surface area contributed by atoms with E-state index in [-0.39, 0.29) is 0 Å². The molecule has 34 valence electrons. The third-order valence-electron chi connectivity index (χ3n) is 1.38. The van der Waals surface area contributed by atoms with Gasteiger partial charge in [0, 0.05) is 12.8 Å². The van der Waals surface area contributed by atoms with E-state index in [4.69, 9.17) is 0 Å². The molecule has 1 fully saturated rings. The molecule has 1 rings (SSSR count). The Labute approximate surface area is 38.7 Å². The Morgan fingerprint density at radius 3 is 2.17 bits per heavy atom. The van der Waals surface area contributed by atoms with Gasteiger partial charge in [-0.25, -0.2) is 0 Å². The first kappa shape index (κ1) is 4.00. The van der Waals surface area contributed by atoms with Gasteiger partial charge in [0.2, 0.25) is 0 Å². The Morgan fingerprint density at radius 1 is 1.67 bits per heavy atom. The zero-order chi connectivity index (χ0) is 4.62. The first-order chi connectivity index (χ1) is 2.77. The molecule has 0 saturated heterocycles. The molecule has 1 aliphatic rings. The fourth-order valence-electron chi connectivity index (χ4n) is 0.401. The van der Waals surface area contributed by atoms with Crippen LogP contribution >= 0.6 is 0 Å². The molecule has 0 amide bonds. The maximum absolute atomic E-state index is 3.89. The summed E-state index contributed by atoms with van der Waals surface area (Å²) in [6.45, 7) is 3.89. The van der Waals surface area contributed by atoms with Gasteiger partial charge in [-0.05, 0) is 7.05 Å². The van der Waals surface area contributed by atoms with Crippen LogP contribution in [-0.2, 0) is 0 Å². The quantitative estimate of drug-likeness (QED) is 0.458. The SMILES string of the molecule is [CH2+]C1(NC)CC1. The molecule has 0 atom stereocenters. The summed E-state index contributed by atoms with van der Waals surface area (Å²) in [6.07, 6.45) is 2.51. The molecular formula is C5H10N+. The lowest BCUT2D eigenvalue weighted by molar-refractivity contribution is 0.667. The molecule has 0 unspecified atom stereocenters. The molecule has 1 saturated carbocycles. The van der Waals surface area contributed by atoms with E-state index in [1.807, 2.05) is 7.05 Å². The molecule has 0 aromatic rings. The molecule has 0 spiro atoms. The van der Waals surface area contributed by atoms with E-state index in [2.05, 4.69) is 12.2 Å². The van der Waals surface area contributed by atoms with Crippen LogP contribution in [0.1, 0.15) is 12.8 Å². The molecule has 1 nitrogen and oxygen atoms in total. The van der Waals surface area contributed by atoms with Crippen molar-refractivity contribution in [3.63, 3.8) is 0 Å². The van der Waals surface area contributed by atoms with E-state index in [1.54, 1.807) is 0 Å². The highest BCUT2D eigenvalue weighted by Crippen LogP contribution is 2.32. The maximum Gasteiger partial charge on any atom is 0.156 e. The zero-order valence-corrected chi connectivity index (χ0v) is 4.12. The average Bonchev–Trinajstić information content (AvgIpc) is 2.22. The highest BCUT2D eigenvalue weighted by Gasteiger charge is 2.43. The Hall–Kier alpha value is -0.170. The molecular weight excluding hydrogens is 74.1 g/mol. The fraction of sp³-hybridized carbons (Fsp3) is 0.800. The Balaban J connectivity index is 2.28. The van der Waals surface area contributed by atoms with Gasteiger partial charge >= 0.3 is 0 Å². The summed E-state index contributed by atoms with van der Waals surface area (Å²) in [5.74, 6) is 0. The molecule has 1 heteroatoms. The summed E-state index contributed by atoms with van der Waals surface area (Å²) in [7, 11) is 1.96. The van der Waals surface area contributed by atoms with Gasteiger partial charge in [0.1, 0.15) is 0 Å². The monoisotopic (exact) mass is 84.1 g/mol. The molecule has 0 heterocycles. The van der Waals surface area contributed by atoms with Crippen LogP contribution in [0.25, 0.3) is 0 Å². The largest absolute Gasteiger partial charge is 0.277 e. The highest BCUT2D eigenvalue weighted by atomic mass is 15.0. The van der Waals surface area contributed by atoms with Crippen molar-refractivity contribution in [1.82, 2.24) is 5.32 Å². The van der Waals surface area contributed by atoms with Gasteiger partial charge in [0.15, 0.2) is 5.54 Å². The summed E-state index contributed by atoms with van der Waals surface area (Å²) in [4.78, 5) is 0. The standard InChI is InChI=1S/C5H10N/c1-5(6-2)3-4-5/h6H,1,3-4H2,2H3/q+1. The van der Waals surface area contributed by atoms with Gasteiger partial charge < -0.3 is 0 Å². The molecule has 0 bridgehead atoms. The topological polar surface area (TPSA) is 12.0 Å². The second-order valence-electron chi connectivity index (χ2n) is 2.03. The minimum atomic E-state index is 0.292. The average molecular weight is 84.1 g/mol. The van der Waals surface area contributed by atoms with Crippen molar-refractivity contribution in [1.29, 1.82) is 0 Å². The molecule has 1 aliphatic carbocycles. The van der Waals surface area contributed by atoms with E-state index in [1.165, 1.54) is 12.8 Å². The van der Waals surface area contributed by atoms with Crippen molar-refractivity contribution in [3.8, 4) is 0 Å². The summed E-state index contributed by atoms with van der Waals surface area (Å²) in [5, 5.41) is 3.10. The molecule has 1 N–H and O–H groups in total. The van der Waals surface area contributed by atoms with Crippen molar-refractivity contribution < 1.29 is 0 Å². The summed E-state index contributed by atoms with van der Waals surface area (Å²) in [6, 6.07) is 0. The van der Waals surface area contributed by atoms with Gasteiger partial charge in [0.25, 0.3) is 0 Å². The smallest absolute Gasteiger partial charge is 0.156 e.